The first-order chi connectivity index (χ1) is 17.2. The van der Waals surface area contributed by atoms with Crippen LogP contribution in [0.15, 0.2) is 97.6 Å². The minimum Gasteiger partial charge on any atom is -0.390 e. The lowest BCUT2D eigenvalue weighted by atomic mass is 10.2. The number of aromatic nitrogens is 4. The van der Waals surface area contributed by atoms with Gasteiger partial charge in [-0.25, -0.2) is 4.57 Å². The lowest BCUT2D eigenvalue weighted by Crippen LogP contribution is -2.42. The van der Waals surface area contributed by atoms with Gasteiger partial charge in [-0.05, 0) is 36.4 Å². The summed E-state index contributed by atoms with van der Waals surface area (Å²) >= 11 is 0. The largest absolute Gasteiger partial charge is 0.390 e. The van der Waals surface area contributed by atoms with Gasteiger partial charge in [-0.15, -0.1) is 0 Å². The van der Waals surface area contributed by atoms with Crippen LogP contribution in [-0.2, 0) is 33.2 Å². The molecule has 0 saturated heterocycles. The van der Waals surface area contributed by atoms with Gasteiger partial charge in [-0.2, -0.15) is 0 Å². The van der Waals surface area contributed by atoms with Crippen molar-refractivity contribution in [1.82, 2.24) is 24.8 Å². The van der Waals surface area contributed by atoms with Gasteiger partial charge in [-0.1, -0.05) is 24.3 Å². The maximum atomic E-state index is 11.2. The molecular formula is C28H33N6O+. The summed E-state index contributed by atoms with van der Waals surface area (Å²) in [4.78, 5) is 17.9. The summed E-state index contributed by atoms with van der Waals surface area (Å²) in [7, 11) is 2.05. The van der Waals surface area contributed by atoms with Crippen molar-refractivity contribution in [2.75, 3.05) is 13.1 Å². The van der Waals surface area contributed by atoms with Crippen LogP contribution in [0.5, 0.6) is 0 Å². The van der Waals surface area contributed by atoms with Crippen molar-refractivity contribution in [2.45, 2.75) is 32.3 Å². The third-order valence-electron chi connectivity index (χ3n) is 5.82. The molecule has 0 bridgehead atoms. The summed E-state index contributed by atoms with van der Waals surface area (Å²) in [5.41, 5.74) is 4.10. The predicted octanol–water partition coefficient (Wildman–Crippen LogP) is 2.76. The second-order valence-corrected chi connectivity index (χ2v) is 8.76. The van der Waals surface area contributed by atoms with Gasteiger partial charge in [-0.3, -0.25) is 24.8 Å². The van der Waals surface area contributed by atoms with Gasteiger partial charge in [0.05, 0.1) is 29.7 Å². The topological polar surface area (TPSA) is 69.3 Å². The summed E-state index contributed by atoms with van der Waals surface area (Å²) in [6.07, 6.45) is 6.92. The molecule has 7 heteroatoms. The third kappa shape index (κ3) is 8.03. The van der Waals surface area contributed by atoms with E-state index in [-0.39, 0.29) is 0 Å². The molecule has 0 fully saturated rings. The van der Waals surface area contributed by atoms with Crippen LogP contribution in [0, 0.1) is 0 Å². The lowest BCUT2D eigenvalue weighted by Gasteiger charge is -2.28. The third-order valence-corrected chi connectivity index (χ3v) is 5.82. The molecule has 7 nitrogen and oxygen atoms in total. The van der Waals surface area contributed by atoms with Crippen molar-refractivity contribution in [2.24, 2.45) is 7.05 Å². The Labute approximate surface area is 207 Å². The molecule has 35 heavy (non-hydrogen) atoms. The van der Waals surface area contributed by atoms with E-state index in [0.717, 1.165) is 17.1 Å². The highest BCUT2D eigenvalue weighted by atomic mass is 16.3. The van der Waals surface area contributed by atoms with E-state index in [1.807, 2.05) is 86.2 Å². The van der Waals surface area contributed by atoms with Crippen LogP contribution in [0.25, 0.3) is 0 Å². The molecule has 4 aromatic heterocycles. The highest BCUT2D eigenvalue weighted by Gasteiger charge is 2.20. The molecule has 0 amide bonds. The Kier molecular flexibility index (Phi) is 9.00. The molecule has 0 aliphatic carbocycles. The Balaban J connectivity index is 1.47. The Morgan fingerprint density at radius 2 is 1.11 bits per heavy atom. The summed E-state index contributed by atoms with van der Waals surface area (Å²) in [5.74, 6) is 0. The van der Waals surface area contributed by atoms with Gasteiger partial charge in [0.15, 0.2) is 11.9 Å². The van der Waals surface area contributed by atoms with Crippen molar-refractivity contribution in [3.05, 3.63) is 120 Å². The molecule has 0 radical (unpaired) electrons. The maximum absolute atomic E-state index is 11.2. The van der Waals surface area contributed by atoms with E-state index in [0.29, 0.717) is 39.3 Å². The number of pyridine rings is 4. The monoisotopic (exact) mass is 469 g/mol. The average molecular weight is 470 g/mol. The fraction of sp³-hybridized carbons (Fsp3) is 0.286. The SMILES string of the molecule is C[n+]1ccccc1CN(Cc1ccccn1)CC(O)CN(Cc1ccccn1)Cc1ccccn1. The Morgan fingerprint density at radius 1 is 0.657 bits per heavy atom. The molecule has 4 rings (SSSR count). The fourth-order valence-corrected chi connectivity index (χ4v) is 4.14. The van der Waals surface area contributed by atoms with Gasteiger partial charge in [0.25, 0.3) is 0 Å². The molecule has 180 valence electrons. The van der Waals surface area contributed by atoms with Crippen LogP contribution in [0.3, 0.4) is 0 Å². The number of aliphatic hydroxyl groups is 1. The summed E-state index contributed by atoms with van der Waals surface area (Å²) in [6.45, 7) is 3.68. The number of rotatable bonds is 12. The Morgan fingerprint density at radius 3 is 1.54 bits per heavy atom. The summed E-state index contributed by atoms with van der Waals surface area (Å²) in [6, 6.07) is 24.0. The summed E-state index contributed by atoms with van der Waals surface area (Å²) < 4.78 is 2.12. The highest BCUT2D eigenvalue weighted by Crippen LogP contribution is 2.11. The van der Waals surface area contributed by atoms with E-state index in [1.165, 1.54) is 5.69 Å². The molecular weight excluding hydrogens is 436 g/mol. The molecule has 0 aliphatic heterocycles. The van der Waals surface area contributed by atoms with Crippen LogP contribution < -0.4 is 4.57 Å². The summed E-state index contributed by atoms with van der Waals surface area (Å²) in [5, 5.41) is 11.2. The molecule has 4 aromatic rings. The van der Waals surface area contributed by atoms with Gasteiger partial charge >= 0.3 is 0 Å². The molecule has 0 saturated carbocycles. The molecule has 0 aliphatic rings. The number of hydrogen-bond donors (Lipinski definition) is 1. The van der Waals surface area contributed by atoms with Crippen LogP contribution >= 0.6 is 0 Å². The Hall–Kier alpha value is -3.52. The lowest BCUT2D eigenvalue weighted by molar-refractivity contribution is -0.680. The first kappa shape index (κ1) is 24.6. The van der Waals surface area contributed by atoms with Crippen LogP contribution in [0.1, 0.15) is 22.8 Å². The van der Waals surface area contributed by atoms with E-state index >= 15 is 0 Å². The van der Waals surface area contributed by atoms with Crippen molar-refractivity contribution in [1.29, 1.82) is 0 Å². The van der Waals surface area contributed by atoms with E-state index in [2.05, 4.69) is 35.4 Å². The second kappa shape index (κ2) is 12.8. The van der Waals surface area contributed by atoms with E-state index in [9.17, 15) is 5.11 Å². The average Bonchev–Trinajstić information content (AvgIpc) is 2.87. The maximum Gasteiger partial charge on any atom is 0.195 e. The van der Waals surface area contributed by atoms with Crippen molar-refractivity contribution in [3.8, 4) is 0 Å². The van der Waals surface area contributed by atoms with Gasteiger partial charge in [0.2, 0.25) is 0 Å². The predicted molar refractivity (Wildman–Crippen MR) is 135 cm³/mol. The molecule has 1 atom stereocenters. The molecule has 1 unspecified atom stereocenters. The fourth-order valence-electron chi connectivity index (χ4n) is 4.14. The number of aryl methyl sites for hydroxylation is 1. The van der Waals surface area contributed by atoms with Gasteiger partial charge < -0.3 is 5.11 Å². The molecule has 0 aromatic carbocycles. The van der Waals surface area contributed by atoms with Crippen LogP contribution in [0.4, 0.5) is 0 Å². The first-order valence-electron chi connectivity index (χ1n) is 11.9. The van der Waals surface area contributed by atoms with Gasteiger partial charge in [0, 0.05) is 63.4 Å². The number of hydrogen-bond acceptors (Lipinski definition) is 6. The van der Waals surface area contributed by atoms with Crippen LogP contribution in [-0.4, -0.2) is 49.1 Å². The van der Waals surface area contributed by atoms with E-state index in [4.69, 9.17) is 0 Å². The normalized spacial score (nSPS) is 12.2. The second-order valence-electron chi connectivity index (χ2n) is 8.76. The zero-order valence-corrected chi connectivity index (χ0v) is 20.2. The van der Waals surface area contributed by atoms with Crippen molar-refractivity contribution >= 4 is 0 Å². The number of aliphatic hydroxyl groups excluding tert-OH is 1. The Bertz CT molecular complexity index is 1100. The molecule has 0 spiro atoms. The zero-order valence-electron chi connectivity index (χ0n) is 20.2. The van der Waals surface area contributed by atoms with E-state index < -0.39 is 6.10 Å². The standard InChI is InChI=1S/C28H33N6O/c1-32-17-9-5-13-27(32)21-34(20-26-12-4-8-16-31-26)23-28(35)22-33(18-24-10-2-6-14-29-24)19-25-11-3-7-15-30-25/h2-17,28,35H,18-23H2,1H3/q+1. The minimum atomic E-state index is -0.555. The van der Waals surface area contributed by atoms with Crippen molar-refractivity contribution < 1.29 is 9.67 Å². The molecule has 1 N–H and O–H groups in total. The van der Waals surface area contributed by atoms with Crippen LogP contribution in [0.2, 0.25) is 0 Å². The molecule has 4 heterocycles. The number of nitrogens with zero attached hydrogens (tertiary/aromatic N) is 6. The quantitative estimate of drug-likeness (QED) is 0.322. The minimum absolute atomic E-state index is 0.507. The van der Waals surface area contributed by atoms with Gasteiger partial charge in [0.1, 0.15) is 7.05 Å². The van der Waals surface area contributed by atoms with E-state index in [1.54, 1.807) is 12.4 Å². The first-order valence-corrected chi connectivity index (χ1v) is 11.9. The smallest absolute Gasteiger partial charge is 0.195 e. The van der Waals surface area contributed by atoms with Crippen molar-refractivity contribution in [3.63, 3.8) is 0 Å². The zero-order chi connectivity index (χ0) is 24.3. The highest BCUT2D eigenvalue weighted by molar-refractivity contribution is 5.07.